The van der Waals surface area contributed by atoms with Crippen LogP contribution in [0.1, 0.15) is 56.8 Å². The summed E-state index contributed by atoms with van der Waals surface area (Å²) in [7, 11) is -4.54. The van der Waals surface area contributed by atoms with E-state index in [0.717, 1.165) is 44.6 Å². The molecule has 5 rings (SSSR count). The Hall–Kier alpha value is -1.59. The van der Waals surface area contributed by atoms with Crippen molar-refractivity contribution in [2.45, 2.75) is 68.2 Å². The summed E-state index contributed by atoms with van der Waals surface area (Å²) in [6.45, 7) is 1.87. The second-order valence-corrected chi connectivity index (χ2v) is 14.5. The van der Waals surface area contributed by atoms with Crippen LogP contribution in [0.3, 0.4) is 0 Å². The topological polar surface area (TPSA) is 102 Å². The van der Waals surface area contributed by atoms with Crippen LogP contribution in [0.25, 0.3) is 11.1 Å². The van der Waals surface area contributed by atoms with E-state index in [9.17, 15) is 23.4 Å². The molecule has 2 heterocycles. The van der Waals surface area contributed by atoms with Crippen molar-refractivity contribution in [3.05, 3.63) is 46.7 Å². The fourth-order valence-electron chi connectivity index (χ4n) is 6.17. The first-order chi connectivity index (χ1) is 17.5. The number of nitrogens with zero attached hydrogens (tertiary/aromatic N) is 1. The van der Waals surface area contributed by atoms with E-state index in [2.05, 4.69) is 9.62 Å². The fraction of sp³-hybridized carbons (Fsp3) is 0.556. The summed E-state index contributed by atoms with van der Waals surface area (Å²) in [5.74, 6) is -0.463. The van der Waals surface area contributed by atoms with Gasteiger partial charge in [-0.25, -0.2) is 9.11 Å². The zero-order valence-electron chi connectivity index (χ0n) is 21.0. The summed E-state index contributed by atoms with van der Waals surface area (Å²) in [5.41, 5.74) is 1.17. The molecule has 0 amide bonds. The molecule has 10 heteroatoms. The second-order valence-electron chi connectivity index (χ2n) is 10.8. The quantitative estimate of drug-likeness (QED) is 0.402. The highest BCUT2D eigenvalue weighted by Gasteiger charge is 2.41. The van der Waals surface area contributed by atoms with E-state index in [1.165, 1.54) is 24.8 Å². The van der Waals surface area contributed by atoms with Crippen LogP contribution in [0, 0.1) is 11.7 Å². The highest BCUT2D eigenvalue weighted by molar-refractivity contribution is 8.13. The molecule has 0 unspecified atom stereocenters. The molecule has 7 nitrogen and oxygen atoms in total. The summed E-state index contributed by atoms with van der Waals surface area (Å²) >= 11 is 6.79. The summed E-state index contributed by atoms with van der Waals surface area (Å²) < 4.78 is 49.3. The van der Waals surface area contributed by atoms with Crippen molar-refractivity contribution < 1.29 is 28.1 Å². The molecule has 2 fully saturated rings. The molecule has 37 heavy (non-hydrogen) atoms. The number of benzene rings is 2. The monoisotopic (exact) mass is 554 g/mol. The Morgan fingerprint density at radius 1 is 1.11 bits per heavy atom. The van der Waals surface area contributed by atoms with E-state index >= 15 is 0 Å². The molecule has 2 aromatic carbocycles. The lowest BCUT2D eigenvalue weighted by Crippen LogP contribution is -2.55. The molecule has 0 spiro atoms. The average Bonchev–Trinajstić information content (AvgIpc) is 2.96. The summed E-state index contributed by atoms with van der Waals surface area (Å²) in [4.78, 5) is 2.49. The van der Waals surface area contributed by atoms with Crippen LogP contribution in [0.2, 0.25) is 5.02 Å². The smallest absolute Gasteiger partial charge is 0.181 e. The van der Waals surface area contributed by atoms with Crippen LogP contribution in [0.4, 0.5) is 10.1 Å². The minimum Gasteiger partial charge on any atom is -0.381 e. The number of aliphatic hydroxyl groups excluding tert-OH is 1. The zero-order chi connectivity index (χ0) is 26.4. The number of hydrogen-bond acceptors (Lipinski definition) is 5. The lowest BCUT2D eigenvalue weighted by Gasteiger charge is -2.44. The van der Waals surface area contributed by atoms with Gasteiger partial charge < -0.3 is 19.8 Å². The predicted octanol–water partition coefficient (Wildman–Crippen LogP) is 4.86. The Balaban J connectivity index is 1.66. The third-order valence-corrected chi connectivity index (χ3v) is 10.7. The maximum absolute atomic E-state index is 14.5. The van der Waals surface area contributed by atoms with Gasteiger partial charge in [0.05, 0.1) is 15.6 Å². The van der Waals surface area contributed by atoms with E-state index in [1.807, 2.05) is 0 Å². The molecule has 0 aromatic heterocycles. The molecule has 1 saturated carbocycles. The second kappa shape index (κ2) is 10.2. The number of ether oxygens (including phenoxy) is 1. The third-order valence-electron chi connectivity index (χ3n) is 8.13. The Labute approximate surface area is 222 Å². The number of hydrogen-bond donors (Lipinski definition) is 4. The van der Waals surface area contributed by atoms with Crippen molar-refractivity contribution in [1.29, 1.82) is 0 Å². The molecular weight excluding hydrogens is 519 g/mol. The largest absolute Gasteiger partial charge is 0.381 e. The van der Waals surface area contributed by atoms with Crippen LogP contribution in [0.15, 0.2) is 35.2 Å². The first kappa shape index (κ1) is 27.0. The van der Waals surface area contributed by atoms with Gasteiger partial charge in [0.1, 0.15) is 5.82 Å². The van der Waals surface area contributed by atoms with Gasteiger partial charge in [-0.3, -0.25) is 4.55 Å². The van der Waals surface area contributed by atoms with Crippen LogP contribution in [0.5, 0.6) is 0 Å². The standard InChI is InChI=1S/C27H36ClFN2O5S/c1-37(34,35)26-14-20(18-7-8-23(29)21(13-18)27(32)33)22(28)15-25(26)31(19-9-11-36-12-10-19)16-24(30-37)17-5-3-2-4-6-17/h7-8,13-15,17,19,24,27,32-33H,2-6,9-12,16H2,1H3,(H2,30,34,35)/t24-/m0/s1. The van der Waals surface area contributed by atoms with Gasteiger partial charge in [-0.15, -0.1) is 9.53 Å². The van der Waals surface area contributed by atoms with Crippen molar-refractivity contribution in [3.63, 3.8) is 0 Å². The number of anilines is 1. The number of aliphatic hydroxyl groups is 2. The van der Waals surface area contributed by atoms with Crippen LogP contribution < -0.4 is 9.62 Å². The Bertz CT molecular complexity index is 1220. The van der Waals surface area contributed by atoms with E-state index < -0.39 is 21.6 Å². The van der Waals surface area contributed by atoms with E-state index in [1.54, 1.807) is 12.1 Å². The molecule has 1 aliphatic carbocycles. The normalized spacial score (nSPS) is 25.8. The van der Waals surface area contributed by atoms with E-state index in [4.69, 9.17) is 16.3 Å². The van der Waals surface area contributed by atoms with Crippen LogP contribution >= 0.6 is 11.6 Å². The molecule has 2 aromatic rings. The first-order valence-electron chi connectivity index (χ1n) is 13.0. The SMILES string of the molecule is CS1(=O)(O)N[C@H](C2CCCCC2)CN(C2CCOCC2)c2cc(Cl)c(-c3ccc(F)c(C(O)O)c3)cc21. The van der Waals surface area contributed by atoms with Gasteiger partial charge in [-0.1, -0.05) is 36.9 Å². The third kappa shape index (κ3) is 5.45. The predicted molar refractivity (Wildman–Crippen MR) is 144 cm³/mol. The summed E-state index contributed by atoms with van der Waals surface area (Å²) in [5, 5.41) is 19.5. The fourth-order valence-corrected chi connectivity index (χ4v) is 8.61. The maximum Gasteiger partial charge on any atom is 0.181 e. The number of rotatable bonds is 4. The number of fused-ring (bicyclic) bond motifs is 1. The first-order valence-corrected chi connectivity index (χ1v) is 15.7. The van der Waals surface area contributed by atoms with Gasteiger partial charge >= 0.3 is 0 Å². The van der Waals surface area contributed by atoms with E-state index in [0.29, 0.717) is 47.5 Å². The highest BCUT2D eigenvalue weighted by Crippen LogP contribution is 2.46. The van der Waals surface area contributed by atoms with Gasteiger partial charge in [0.2, 0.25) is 0 Å². The minimum absolute atomic E-state index is 0.144. The van der Waals surface area contributed by atoms with Gasteiger partial charge in [0.25, 0.3) is 0 Å². The zero-order valence-corrected chi connectivity index (χ0v) is 22.6. The van der Waals surface area contributed by atoms with Crippen molar-refractivity contribution >= 4 is 26.8 Å². The van der Waals surface area contributed by atoms with Crippen molar-refractivity contribution in [1.82, 2.24) is 4.72 Å². The molecule has 0 bridgehead atoms. The highest BCUT2D eigenvalue weighted by atomic mass is 35.5. The molecule has 1 saturated heterocycles. The average molecular weight is 555 g/mol. The molecule has 4 N–H and O–H groups in total. The van der Waals surface area contributed by atoms with Crippen molar-refractivity contribution in [3.8, 4) is 11.1 Å². The van der Waals surface area contributed by atoms with Crippen molar-refractivity contribution in [2.24, 2.45) is 5.92 Å². The Morgan fingerprint density at radius 3 is 2.49 bits per heavy atom. The van der Waals surface area contributed by atoms with E-state index in [-0.39, 0.29) is 22.5 Å². The van der Waals surface area contributed by atoms with Gasteiger partial charge in [0.15, 0.2) is 6.29 Å². The summed E-state index contributed by atoms with van der Waals surface area (Å²) in [6, 6.07) is 7.24. The molecule has 1 atom stereocenters. The van der Waals surface area contributed by atoms with Gasteiger partial charge in [0, 0.05) is 49.2 Å². The van der Waals surface area contributed by atoms with Crippen LogP contribution in [-0.2, 0) is 14.3 Å². The maximum atomic E-state index is 14.5. The lowest BCUT2D eigenvalue weighted by atomic mass is 9.83. The Kier molecular flexibility index (Phi) is 7.43. The molecular formula is C27H36ClFN2O5S. The van der Waals surface area contributed by atoms with Crippen molar-refractivity contribution in [2.75, 3.05) is 30.9 Å². The molecule has 0 radical (unpaired) electrons. The van der Waals surface area contributed by atoms with Gasteiger partial charge in [-0.05, 0) is 61.4 Å². The number of nitrogens with one attached hydrogen (secondary N) is 1. The summed E-state index contributed by atoms with van der Waals surface area (Å²) in [6.07, 6.45) is 6.47. The van der Waals surface area contributed by atoms with Crippen LogP contribution in [-0.4, -0.2) is 57.1 Å². The van der Waals surface area contributed by atoms with Gasteiger partial charge in [-0.2, -0.15) is 4.21 Å². The minimum atomic E-state index is -4.54. The molecule has 204 valence electrons. The Morgan fingerprint density at radius 2 is 1.81 bits per heavy atom. The number of halogens is 2. The lowest BCUT2D eigenvalue weighted by molar-refractivity contribution is -0.0449. The molecule has 3 aliphatic rings. The molecule has 2 aliphatic heterocycles.